The van der Waals surface area contributed by atoms with E-state index < -0.39 is 70.8 Å². The molecule has 0 spiro atoms. The van der Waals surface area contributed by atoms with Gasteiger partial charge in [0.05, 0.1) is 44.3 Å². The fourth-order valence-corrected chi connectivity index (χ4v) is 6.90. The lowest BCUT2D eigenvalue weighted by Crippen LogP contribution is -2.37. The molecule has 0 bridgehead atoms. The number of carboxylic acids is 2. The van der Waals surface area contributed by atoms with Crippen molar-refractivity contribution in [3.63, 3.8) is 0 Å². The number of ether oxygens (including phenoxy) is 4. The molecule has 0 heterocycles. The number of unbranched alkanes of at least 4 members (excludes halogenated alkanes) is 3. The van der Waals surface area contributed by atoms with Crippen molar-refractivity contribution in [3.05, 3.63) is 53.6 Å². The number of carbonyl (C=O) groups is 6. The Morgan fingerprint density at radius 3 is 2.09 bits per heavy atom. The molecule has 0 aliphatic heterocycles. The van der Waals surface area contributed by atoms with Crippen molar-refractivity contribution in [2.24, 2.45) is 29.1 Å². The summed E-state index contributed by atoms with van der Waals surface area (Å²) in [4.78, 5) is 76.4. The van der Waals surface area contributed by atoms with Crippen molar-refractivity contribution < 1.29 is 57.9 Å². The van der Waals surface area contributed by atoms with E-state index in [0.717, 1.165) is 24.8 Å². The predicted molar refractivity (Wildman–Crippen MR) is 214 cm³/mol. The molecule has 1 aliphatic rings. The number of benzene rings is 2. The molecule has 3 rings (SSSR count). The van der Waals surface area contributed by atoms with Crippen LogP contribution in [0.4, 0.5) is 11.4 Å². The Balaban J connectivity index is 1.62. The molecule has 14 nitrogen and oxygen atoms in total. The first-order valence-electron chi connectivity index (χ1n) is 19.3. The zero-order valence-corrected chi connectivity index (χ0v) is 34.3. The molecule has 1 fully saturated rings. The number of nitrogens with one attached hydrogen (secondary N) is 2. The highest BCUT2D eigenvalue weighted by Crippen LogP contribution is 2.47. The number of esters is 2. The number of ketones is 1. The van der Waals surface area contributed by atoms with Crippen LogP contribution in [0.15, 0.2) is 42.5 Å². The minimum atomic E-state index is -1.30. The Labute approximate surface area is 334 Å². The van der Waals surface area contributed by atoms with Gasteiger partial charge in [-0.25, -0.2) is 9.59 Å². The maximum absolute atomic E-state index is 13.9. The highest BCUT2D eigenvalue weighted by Gasteiger charge is 2.54. The lowest BCUT2D eigenvalue weighted by molar-refractivity contribution is -0.147. The van der Waals surface area contributed by atoms with Crippen LogP contribution in [0, 0.1) is 29.1 Å². The molecule has 2 aromatic carbocycles. The number of amides is 1. The van der Waals surface area contributed by atoms with Gasteiger partial charge in [0.2, 0.25) is 5.91 Å². The van der Waals surface area contributed by atoms with Gasteiger partial charge in [-0.2, -0.15) is 0 Å². The largest absolute Gasteiger partial charge is 0.493 e. The fourth-order valence-electron chi connectivity index (χ4n) is 6.90. The summed E-state index contributed by atoms with van der Waals surface area (Å²) in [6.45, 7) is 13.4. The van der Waals surface area contributed by atoms with E-state index in [1.807, 2.05) is 26.8 Å². The molecule has 4 atom stereocenters. The Morgan fingerprint density at radius 2 is 1.49 bits per heavy atom. The third-order valence-corrected chi connectivity index (χ3v) is 9.40. The zero-order chi connectivity index (χ0) is 42.5. The summed E-state index contributed by atoms with van der Waals surface area (Å²) in [5, 5.41) is 25.8. The zero-order valence-electron chi connectivity index (χ0n) is 34.3. The quantitative estimate of drug-likeness (QED) is 0.0593. The number of rotatable bonds is 20. The number of anilines is 2. The van der Waals surface area contributed by atoms with Crippen molar-refractivity contribution in [1.29, 1.82) is 0 Å². The number of aliphatic carboxylic acids is 2. The molecule has 0 saturated heterocycles. The van der Waals surface area contributed by atoms with Crippen molar-refractivity contribution >= 4 is 53.0 Å². The summed E-state index contributed by atoms with van der Waals surface area (Å²) in [7, 11) is 1.54. The van der Waals surface area contributed by atoms with Gasteiger partial charge >= 0.3 is 23.9 Å². The molecule has 14 heteroatoms. The molecule has 312 valence electrons. The first-order chi connectivity index (χ1) is 26.7. The molecule has 0 radical (unpaired) electrons. The summed E-state index contributed by atoms with van der Waals surface area (Å²) < 4.78 is 21.8. The average Bonchev–Trinajstić information content (AvgIpc) is 3.49. The van der Waals surface area contributed by atoms with E-state index in [4.69, 9.17) is 18.9 Å². The smallest absolute Gasteiger partial charge is 0.338 e. The van der Waals surface area contributed by atoms with E-state index in [1.54, 1.807) is 58.0 Å². The molecule has 57 heavy (non-hydrogen) atoms. The lowest BCUT2D eigenvalue weighted by atomic mass is 9.75. The van der Waals surface area contributed by atoms with E-state index in [9.17, 15) is 39.0 Å². The van der Waals surface area contributed by atoms with Crippen LogP contribution >= 0.6 is 0 Å². The van der Waals surface area contributed by atoms with Gasteiger partial charge < -0.3 is 39.8 Å². The normalized spacial score (nSPS) is 18.1. The van der Waals surface area contributed by atoms with Crippen molar-refractivity contribution in [3.8, 4) is 11.5 Å². The van der Waals surface area contributed by atoms with Gasteiger partial charge in [-0.3, -0.25) is 19.2 Å². The van der Waals surface area contributed by atoms with Crippen molar-refractivity contribution in [1.82, 2.24) is 0 Å². The first kappa shape index (κ1) is 46.0. The monoisotopic (exact) mass is 794 g/mol. The van der Waals surface area contributed by atoms with Gasteiger partial charge in [0, 0.05) is 40.7 Å². The standard InChI is InChI=1S/C43H58N2O12/c1-9-55-36(48)17-15-26-14-16-33(34(20-26)54-8)56-18-12-10-11-13-19-57-41(53)27-21-28(23-29(22-27)45-43(5,6)7)44-39(50)37-30(25-35(46)47)31(24-32(37)40(51)52)38(49)42(2,3)4/h14-17,20-23,30-32,37,45H,9-13,18-19,24-25H2,1-8H3,(H,44,50)(H,46,47)(H,51,52). The Morgan fingerprint density at radius 1 is 0.825 bits per heavy atom. The van der Waals surface area contributed by atoms with Crippen LogP contribution in [0.3, 0.4) is 0 Å². The summed E-state index contributed by atoms with van der Waals surface area (Å²) >= 11 is 0. The lowest BCUT2D eigenvalue weighted by Gasteiger charge is -2.28. The van der Waals surface area contributed by atoms with Gasteiger partial charge in [0.25, 0.3) is 0 Å². The summed E-state index contributed by atoms with van der Waals surface area (Å²) in [5.41, 5.74) is 0.279. The van der Waals surface area contributed by atoms with E-state index in [1.165, 1.54) is 19.3 Å². The SMILES string of the molecule is CCOC(=O)C=Cc1ccc(OCCCCCCOC(=O)c2cc(NC(=O)C3C(C(=O)O)CC(C(=O)C(C)(C)C)C3CC(=O)O)cc(NC(C)(C)C)c2)c(OC)c1. The van der Waals surface area contributed by atoms with Gasteiger partial charge in [-0.15, -0.1) is 0 Å². The van der Waals surface area contributed by atoms with E-state index in [0.29, 0.717) is 36.8 Å². The van der Waals surface area contributed by atoms with E-state index in [2.05, 4.69) is 10.6 Å². The van der Waals surface area contributed by atoms with Crippen molar-refractivity contribution in [2.45, 2.75) is 92.5 Å². The Kier molecular flexibility index (Phi) is 16.7. The third-order valence-electron chi connectivity index (χ3n) is 9.40. The second-order valence-corrected chi connectivity index (χ2v) is 16.2. The molecular weight excluding hydrogens is 736 g/mol. The first-order valence-corrected chi connectivity index (χ1v) is 19.3. The Bertz CT molecular complexity index is 1790. The van der Waals surface area contributed by atoms with E-state index in [-0.39, 0.29) is 30.1 Å². The number of hydrogen-bond donors (Lipinski definition) is 4. The third kappa shape index (κ3) is 14.2. The molecule has 1 aliphatic carbocycles. The van der Waals surface area contributed by atoms with Crippen LogP contribution < -0.4 is 20.1 Å². The number of methoxy groups -OCH3 is 1. The van der Waals surface area contributed by atoms with Gasteiger partial charge in [0.1, 0.15) is 5.78 Å². The second-order valence-electron chi connectivity index (χ2n) is 16.2. The summed E-state index contributed by atoms with van der Waals surface area (Å²) in [6, 6.07) is 9.97. The molecule has 4 N–H and O–H groups in total. The highest BCUT2D eigenvalue weighted by atomic mass is 16.5. The van der Waals surface area contributed by atoms with Gasteiger partial charge in [-0.05, 0) is 108 Å². The minimum absolute atomic E-state index is 0.147. The molecule has 0 aromatic heterocycles. The maximum Gasteiger partial charge on any atom is 0.338 e. The fraction of sp³-hybridized carbons (Fsp3) is 0.535. The van der Waals surface area contributed by atoms with Crippen molar-refractivity contribution in [2.75, 3.05) is 37.6 Å². The van der Waals surface area contributed by atoms with Crippen LogP contribution in [0.25, 0.3) is 6.08 Å². The molecular formula is C43H58N2O12. The molecule has 2 aromatic rings. The van der Waals surface area contributed by atoms with E-state index >= 15 is 0 Å². The number of carbonyl (C=O) groups excluding carboxylic acids is 4. The topological polar surface area (TPSA) is 204 Å². The second kappa shape index (κ2) is 20.7. The average molecular weight is 795 g/mol. The predicted octanol–water partition coefficient (Wildman–Crippen LogP) is 7.26. The Hall–Kier alpha value is -5.40. The van der Waals surface area contributed by atoms with Gasteiger partial charge in [-0.1, -0.05) is 26.8 Å². The number of hydrogen-bond acceptors (Lipinski definition) is 11. The van der Waals surface area contributed by atoms with Gasteiger partial charge in [0.15, 0.2) is 11.5 Å². The number of Topliss-reactive ketones (excluding diaryl/α,β-unsaturated/α-hetero) is 1. The van der Waals surface area contributed by atoms with Crippen LogP contribution in [0.5, 0.6) is 11.5 Å². The van der Waals surface area contributed by atoms with Crippen LogP contribution in [-0.4, -0.2) is 78.3 Å². The summed E-state index contributed by atoms with van der Waals surface area (Å²) in [5.74, 6) is -8.06. The highest BCUT2D eigenvalue weighted by molar-refractivity contribution is 6.00. The van der Waals surface area contributed by atoms with Crippen LogP contribution in [0.2, 0.25) is 0 Å². The maximum atomic E-state index is 13.9. The number of carboxylic acid groups (broad SMARTS) is 2. The molecule has 4 unspecified atom stereocenters. The van der Waals surface area contributed by atoms with Crippen LogP contribution in [-0.2, 0) is 33.4 Å². The summed E-state index contributed by atoms with van der Waals surface area (Å²) in [6.07, 6.45) is 5.19. The molecule has 1 saturated carbocycles. The van der Waals surface area contributed by atoms with Crippen LogP contribution in [0.1, 0.15) is 103 Å². The molecule has 1 amide bonds. The minimum Gasteiger partial charge on any atom is -0.493 e.